The van der Waals surface area contributed by atoms with Crippen LogP contribution in [0.2, 0.25) is 0 Å². The lowest BCUT2D eigenvalue weighted by atomic mass is 10.1. The van der Waals surface area contributed by atoms with E-state index in [0.717, 1.165) is 15.2 Å². The lowest BCUT2D eigenvalue weighted by Gasteiger charge is -2.03. The second kappa shape index (κ2) is 4.86. The van der Waals surface area contributed by atoms with Gasteiger partial charge in [-0.1, -0.05) is 48.2 Å². The van der Waals surface area contributed by atoms with Crippen LogP contribution in [-0.2, 0) is 0 Å². The maximum atomic E-state index is 10.0. The van der Waals surface area contributed by atoms with E-state index in [2.05, 4.69) is 30.3 Å². The summed E-state index contributed by atoms with van der Waals surface area (Å²) in [5.41, 5.74) is 0.707. The van der Waals surface area contributed by atoms with Gasteiger partial charge in [0.1, 0.15) is 17.6 Å². The Morgan fingerprint density at radius 2 is 1.71 bits per heavy atom. The molecule has 0 bridgehead atoms. The van der Waals surface area contributed by atoms with Gasteiger partial charge in [-0.15, -0.1) is 0 Å². The van der Waals surface area contributed by atoms with E-state index in [4.69, 9.17) is 4.42 Å². The molecule has 0 radical (unpaired) electrons. The highest BCUT2D eigenvalue weighted by Crippen LogP contribution is 2.39. The second-order valence-electron chi connectivity index (χ2n) is 4.86. The lowest BCUT2D eigenvalue weighted by Crippen LogP contribution is -1.76. The van der Waals surface area contributed by atoms with E-state index in [1.807, 2.05) is 18.2 Å². The number of hydrogen-bond donors (Lipinski definition) is 1. The van der Waals surface area contributed by atoms with Gasteiger partial charge in [0.15, 0.2) is 0 Å². The standard InChI is InChI=1S/C18H12O2S/c19-15-6-3-7-16-18(15)17(11-20-16)21-14-9-8-12-4-1-2-5-13(12)10-14/h1-11,19H. The smallest absolute Gasteiger partial charge is 0.138 e. The molecule has 0 aliphatic rings. The van der Waals surface area contributed by atoms with Gasteiger partial charge in [0.05, 0.1) is 10.3 Å². The van der Waals surface area contributed by atoms with E-state index in [1.54, 1.807) is 30.2 Å². The van der Waals surface area contributed by atoms with Crippen molar-refractivity contribution in [1.29, 1.82) is 0 Å². The molecule has 0 fully saturated rings. The van der Waals surface area contributed by atoms with E-state index in [9.17, 15) is 5.11 Å². The van der Waals surface area contributed by atoms with Crippen LogP contribution in [0.5, 0.6) is 5.75 Å². The van der Waals surface area contributed by atoms with E-state index in [0.29, 0.717) is 5.58 Å². The van der Waals surface area contributed by atoms with E-state index >= 15 is 0 Å². The Balaban J connectivity index is 1.79. The number of rotatable bonds is 2. The first-order chi connectivity index (χ1) is 10.3. The molecule has 0 saturated carbocycles. The van der Waals surface area contributed by atoms with Gasteiger partial charge < -0.3 is 9.52 Å². The van der Waals surface area contributed by atoms with Crippen LogP contribution >= 0.6 is 11.8 Å². The zero-order chi connectivity index (χ0) is 14.2. The highest BCUT2D eigenvalue weighted by molar-refractivity contribution is 7.99. The molecule has 0 aliphatic carbocycles. The Hall–Kier alpha value is -2.39. The molecule has 1 aromatic heterocycles. The Kier molecular flexibility index (Phi) is 2.86. The number of hydrogen-bond acceptors (Lipinski definition) is 3. The van der Waals surface area contributed by atoms with Crippen LogP contribution in [0.25, 0.3) is 21.7 Å². The van der Waals surface area contributed by atoms with Crippen LogP contribution < -0.4 is 0 Å². The summed E-state index contributed by atoms with van der Waals surface area (Å²) in [5, 5.41) is 13.2. The summed E-state index contributed by atoms with van der Waals surface area (Å²) in [4.78, 5) is 2.05. The Bertz CT molecular complexity index is 940. The van der Waals surface area contributed by atoms with Gasteiger partial charge in [0.25, 0.3) is 0 Å². The number of fused-ring (bicyclic) bond motifs is 2. The number of phenolic OH excluding ortho intramolecular Hbond substituents is 1. The number of benzene rings is 3. The average molecular weight is 292 g/mol. The van der Waals surface area contributed by atoms with Crippen molar-refractivity contribution in [1.82, 2.24) is 0 Å². The van der Waals surface area contributed by atoms with Crippen molar-refractivity contribution in [3.05, 3.63) is 66.9 Å². The van der Waals surface area contributed by atoms with Crippen LogP contribution in [0, 0.1) is 0 Å². The molecule has 2 nitrogen and oxygen atoms in total. The Labute approximate surface area is 126 Å². The summed E-state index contributed by atoms with van der Waals surface area (Å²) in [5.74, 6) is 0.254. The normalized spacial score (nSPS) is 11.2. The highest BCUT2D eigenvalue weighted by Gasteiger charge is 2.11. The van der Waals surface area contributed by atoms with E-state index in [-0.39, 0.29) is 5.75 Å². The number of phenols is 1. The molecule has 21 heavy (non-hydrogen) atoms. The van der Waals surface area contributed by atoms with Crippen LogP contribution in [-0.4, -0.2) is 5.11 Å². The van der Waals surface area contributed by atoms with Gasteiger partial charge in [-0.2, -0.15) is 0 Å². The van der Waals surface area contributed by atoms with Crippen LogP contribution in [0.4, 0.5) is 0 Å². The Morgan fingerprint density at radius 3 is 2.62 bits per heavy atom. The van der Waals surface area contributed by atoms with E-state index < -0.39 is 0 Å². The minimum Gasteiger partial charge on any atom is -0.507 e. The maximum Gasteiger partial charge on any atom is 0.138 e. The highest BCUT2D eigenvalue weighted by atomic mass is 32.2. The molecule has 0 atom stereocenters. The molecule has 1 heterocycles. The fraction of sp³-hybridized carbons (Fsp3) is 0. The molecule has 1 N–H and O–H groups in total. The zero-order valence-corrected chi connectivity index (χ0v) is 11.9. The molecular formula is C18H12O2S. The van der Waals surface area contributed by atoms with Crippen molar-refractivity contribution in [3.63, 3.8) is 0 Å². The fourth-order valence-electron chi connectivity index (χ4n) is 2.47. The Morgan fingerprint density at radius 1 is 0.857 bits per heavy atom. The molecule has 4 aromatic rings. The third kappa shape index (κ3) is 2.16. The molecule has 0 aliphatic heterocycles. The minimum atomic E-state index is 0.254. The predicted molar refractivity (Wildman–Crippen MR) is 85.9 cm³/mol. The number of aromatic hydroxyl groups is 1. The molecule has 4 rings (SSSR count). The second-order valence-corrected chi connectivity index (χ2v) is 5.98. The average Bonchev–Trinajstić information content (AvgIpc) is 2.92. The molecule has 3 heteroatoms. The lowest BCUT2D eigenvalue weighted by molar-refractivity contribution is 0.480. The summed E-state index contributed by atoms with van der Waals surface area (Å²) < 4.78 is 5.51. The third-order valence-electron chi connectivity index (χ3n) is 3.49. The van der Waals surface area contributed by atoms with Crippen LogP contribution in [0.3, 0.4) is 0 Å². The van der Waals surface area contributed by atoms with Crippen molar-refractivity contribution in [2.45, 2.75) is 9.79 Å². The largest absolute Gasteiger partial charge is 0.507 e. The summed E-state index contributed by atoms with van der Waals surface area (Å²) >= 11 is 1.60. The summed E-state index contributed by atoms with van der Waals surface area (Å²) in [6, 6.07) is 20.0. The van der Waals surface area contributed by atoms with Crippen molar-refractivity contribution in [2.24, 2.45) is 0 Å². The molecule has 102 valence electrons. The van der Waals surface area contributed by atoms with Gasteiger partial charge in [-0.05, 0) is 35.0 Å². The van der Waals surface area contributed by atoms with Crippen molar-refractivity contribution in [3.8, 4) is 5.75 Å². The topological polar surface area (TPSA) is 33.4 Å². The fourth-order valence-corrected chi connectivity index (χ4v) is 3.45. The van der Waals surface area contributed by atoms with Crippen molar-refractivity contribution in [2.75, 3.05) is 0 Å². The maximum absolute atomic E-state index is 10.0. The monoisotopic (exact) mass is 292 g/mol. The van der Waals surface area contributed by atoms with Gasteiger partial charge >= 0.3 is 0 Å². The van der Waals surface area contributed by atoms with E-state index in [1.165, 1.54) is 10.8 Å². The summed E-state index contributed by atoms with van der Waals surface area (Å²) in [6.45, 7) is 0. The van der Waals surface area contributed by atoms with Gasteiger partial charge in [-0.25, -0.2) is 0 Å². The van der Waals surface area contributed by atoms with Crippen molar-refractivity contribution < 1.29 is 9.52 Å². The minimum absolute atomic E-state index is 0.254. The molecule has 0 amide bonds. The predicted octanol–water partition coefficient (Wildman–Crippen LogP) is 5.44. The first-order valence-corrected chi connectivity index (χ1v) is 7.49. The van der Waals surface area contributed by atoms with Gasteiger partial charge in [0, 0.05) is 4.90 Å². The van der Waals surface area contributed by atoms with Crippen LogP contribution in [0.1, 0.15) is 0 Å². The van der Waals surface area contributed by atoms with Crippen LogP contribution in [0.15, 0.2) is 81.1 Å². The summed E-state index contributed by atoms with van der Waals surface area (Å²) in [6.07, 6.45) is 1.70. The quantitative estimate of drug-likeness (QED) is 0.534. The molecule has 0 spiro atoms. The number of furan rings is 1. The SMILES string of the molecule is Oc1cccc2occ(Sc3ccc4ccccc4c3)c12. The molecule has 0 saturated heterocycles. The van der Waals surface area contributed by atoms with Gasteiger partial charge in [0.2, 0.25) is 0 Å². The molecule has 0 unspecified atom stereocenters. The van der Waals surface area contributed by atoms with Gasteiger partial charge in [-0.3, -0.25) is 0 Å². The first kappa shape index (κ1) is 12.4. The van der Waals surface area contributed by atoms with Crippen molar-refractivity contribution >= 4 is 33.5 Å². The molecule has 3 aromatic carbocycles. The third-order valence-corrected chi connectivity index (χ3v) is 4.50. The first-order valence-electron chi connectivity index (χ1n) is 6.67. The molecular weight excluding hydrogens is 280 g/mol. The zero-order valence-electron chi connectivity index (χ0n) is 11.1. The summed E-state index contributed by atoms with van der Waals surface area (Å²) in [7, 11) is 0.